The van der Waals surface area contributed by atoms with Gasteiger partial charge in [0.1, 0.15) is 0 Å². The van der Waals surface area contributed by atoms with Gasteiger partial charge in [-0.15, -0.1) is 11.3 Å². The Morgan fingerprint density at radius 1 is 1.10 bits per heavy atom. The van der Waals surface area contributed by atoms with E-state index in [1.165, 1.54) is 11.3 Å². The third-order valence-corrected chi connectivity index (χ3v) is 7.87. The molecule has 1 amide bonds. The van der Waals surface area contributed by atoms with Crippen LogP contribution in [0.2, 0.25) is 0 Å². The number of likely N-dealkylation sites (tertiary alicyclic amines) is 1. The predicted octanol–water partition coefficient (Wildman–Crippen LogP) is 2.42. The minimum Gasteiger partial charge on any atom is -0.378 e. The Labute approximate surface area is 182 Å². The van der Waals surface area contributed by atoms with Crippen molar-refractivity contribution in [3.63, 3.8) is 0 Å². The van der Waals surface area contributed by atoms with Crippen LogP contribution in [0.1, 0.15) is 21.7 Å². The molecular formula is C23H30N4O2S. The van der Waals surface area contributed by atoms with Crippen LogP contribution in [0.3, 0.4) is 0 Å². The van der Waals surface area contributed by atoms with E-state index in [4.69, 9.17) is 10.5 Å². The first-order valence-corrected chi connectivity index (χ1v) is 11.7. The van der Waals surface area contributed by atoms with Crippen molar-refractivity contribution in [1.82, 2.24) is 9.80 Å². The number of carbonyl (C=O) groups is 1. The van der Waals surface area contributed by atoms with Gasteiger partial charge in [-0.1, -0.05) is 12.1 Å². The first-order valence-electron chi connectivity index (χ1n) is 10.9. The molecule has 7 heteroatoms. The number of carbonyl (C=O) groups excluding carboxylic acids is 1. The zero-order valence-electron chi connectivity index (χ0n) is 17.5. The standard InChI is InChI=1S/C23H30N4O2S/c1-16-12-21(30-22(16)23(28)27-7-6-18(24)13-27)17-2-4-19(5-3-17)25-8-10-26(11-9-25)20-14-29-15-20/h2-5,12,18,20H,6-11,13-15,24H2,1H3/t18-/m0/s1. The zero-order valence-corrected chi connectivity index (χ0v) is 18.4. The number of anilines is 1. The van der Waals surface area contributed by atoms with Crippen LogP contribution < -0.4 is 10.6 Å². The Morgan fingerprint density at radius 2 is 1.83 bits per heavy atom. The van der Waals surface area contributed by atoms with Crippen LogP contribution in [-0.4, -0.2) is 80.3 Å². The minimum atomic E-state index is 0.116. The van der Waals surface area contributed by atoms with Gasteiger partial charge in [-0.25, -0.2) is 0 Å². The topological polar surface area (TPSA) is 62.0 Å². The normalized spacial score (nSPS) is 23.1. The molecule has 0 bridgehead atoms. The highest BCUT2D eigenvalue weighted by Crippen LogP contribution is 2.34. The molecule has 3 fully saturated rings. The van der Waals surface area contributed by atoms with Gasteiger partial charge in [-0.05, 0) is 42.7 Å². The molecule has 3 saturated heterocycles. The number of nitrogens with zero attached hydrogens (tertiary/aromatic N) is 3. The van der Waals surface area contributed by atoms with Crippen molar-refractivity contribution < 1.29 is 9.53 Å². The van der Waals surface area contributed by atoms with Crippen LogP contribution in [0.4, 0.5) is 5.69 Å². The average molecular weight is 427 g/mol. The summed E-state index contributed by atoms with van der Waals surface area (Å²) in [5.74, 6) is 0.128. The van der Waals surface area contributed by atoms with Crippen molar-refractivity contribution in [2.24, 2.45) is 5.73 Å². The van der Waals surface area contributed by atoms with Gasteiger partial charge in [-0.3, -0.25) is 9.69 Å². The Hall–Kier alpha value is -1.93. The first kappa shape index (κ1) is 20.0. The summed E-state index contributed by atoms with van der Waals surface area (Å²) >= 11 is 1.60. The number of ether oxygens (including phenoxy) is 1. The molecule has 3 aliphatic heterocycles. The lowest BCUT2D eigenvalue weighted by molar-refractivity contribution is -0.0660. The zero-order chi connectivity index (χ0) is 20.7. The molecule has 0 radical (unpaired) electrons. The van der Waals surface area contributed by atoms with Crippen LogP contribution in [0.15, 0.2) is 30.3 Å². The van der Waals surface area contributed by atoms with Crippen LogP contribution in [-0.2, 0) is 4.74 Å². The lowest BCUT2D eigenvalue weighted by Crippen LogP contribution is -2.56. The number of aryl methyl sites for hydroxylation is 1. The lowest BCUT2D eigenvalue weighted by Gasteiger charge is -2.43. The van der Waals surface area contributed by atoms with E-state index in [0.29, 0.717) is 12.6 Å². The molecule has 1 aromatic carbocycles. The lowest BCUT2D eigenvalue weighted by atomic mass is 10.1. The highest BCUT2D eigenvalue weighted by molar-refractivity contribution is 7.17. The first-order chi connectivity index (χ1) is 14.6. The smallest absolute Gasteiger partial charge is 0.264 e. The third-order valence-electron chi connectivity index (χ3n) is 6.59. The average Bonchev–Trinajstić information content (AvgIpc) is 3.33. The van der Waals surface area contributed by atoms with E-state index in [9.17, 15) is 4.79 Å². The molecule has 4 heterocycles. The van der Waals surface area contributed by atoms with Crippen molar-refractivity contribution in [3.05, 3.63) is 40.8 Å². The Kier molecular flexibility index (Phi) is 5.54. The van der Waals surface area contributed by atoms with Gasteiger partial charge in [0.2, 0.25) is 0 Å². The van der Waals surface area contributed by atoms with E-state index in [1.807, 2.05) is 11.8 Å². The fourth-order valence-electron chi connectivity index (χ4n) is 4.57. The number of hydrogen-bond donors (Lipinski definition) is 1. The molecule has 0 aliphatic carbocycles. The van der Waals surface area contributed by atoms with Gasteiger partial charge in [0.25, 0.3) is 5.91 Å². The monoisotopic (exact) mass is 426 g/mol. The van der Waals surface area contributed by atoms with Crippen molar-refractivity contribution in [2.45, 2.75) is 25.4 Å². The van der Waals surface area contributed by atoms with E-state index in [-0.39, 0.29) is 11.9 Å². The fourth-order valence-corrected chi connectivity index (χ4v) is 5.71. The fraction of sp³-hybridized carbons (Fsp3) is 0.522. The van der Waals surface area contributed by atoms with Crippen LogP contribution in [0.25, 0.3) is 10.4 Å². The van der Waals surface area contributed by atoms with Gasteiger partial charge in [0.15, 0.2) is 0 Å². The van der Waals surface area contributed by atoms with Gasteiger partial charge in [-0.2, -0.15) is 0 Å². The van der Waals surface area contributed by atoms with E-state index in [1.54, 1.807) is 11.3 Å². The van der Waals surface area contributed by atoms with Crippen molar-refractivity contribution in [3.8, 4) is 10.4 Å². The Bertz CT molecular complexity index is 900. The highest BCUT2D eigenvalue weighted by Gasteiger charge is 2.29. The SMILES string of the molecule is Cc1cc(-c2ccc(N3CCN(C4COC4)CC3)cc2)sc1C(=O)N1CC[C@H](N)C1. The molecule has 1 atom stereocenters. The van der Waals surface area contributed by atoms with Gasteiger partial charge in [0.05, 0.1) is 24.1 Å². The number of hydrogen-bond acceptors (Lipinski definition) is 6. The number of thiophene rings is 1. The maximum atomic E-state index is 12.9. The summed E-state index contributed by atoms with van der Waals surface area (Å²) in [7, 11) is 0. The summed E-state index contributed by atoms with van der Waals surface area (Å²) in [6, 6.07) is 11.7. The molecular weight excluding hydrogens is 396 g/mol. The summed E-state index contributed by atoms with van der Waals surface area (Å²) in [5, 5.41) is 0. The van der Waals surface area contributed by atoms with Crippen LogP contribution in [0.5, 0.6) is 0 Å². The van der Waals surface area contributed by atoms with Crippen molar-refractivity contribution in [2.75, 3.05) is 57.4 Å². The van der Waals surface area contributed by atoms with E-state index in [0.717, 1.165) is 67.7 Å². The summed E-state index contributed by atoms with van der Waals surface area (Å²) in [6.07, 6.45) is 0.896. The quantitative estimate of drug-likeness (QED) is 0.814. The van der Waals surface area contributed by atoms with Gasteiger partial charge >= 0.3 is 0 Å². The number of piperazine rings is 1. The molecule has 2 aromatic rings. The largest absolute Gasteiger partial charge is 0.378 e. The van der Waals surface area contributed by atoms with Crippen molar-refractivity contribution >= 4 is 22.9 Å². The summed E-state index contributed by atoms with van der Waals surface area (Å²) < 4.78 is 5.33. The second-order valence-electron chi connectivity index (χ2n) is 8.68. The molecule has 5 rings (SSSR count). The Morgan fingerprint density at radius 3 is 2.43 bits per heavy atom. The second kappa shape index (κ2) is 8.30. The summed E-state index contributed by atoms with van der Waals surface area (Å²) in [5.41, 5.74) is 9.49. The maximum Gasteiger partial charge on any atom is 0.264 e. The van der Waals surface area contributed by atoms with Crippen molar-refractivity contribution in [1.29, 1.82) is 0 Å². The van der Waals surface area contributed by atoms with E-state index < -0.39 is 0 Å². The molecule has 0 saturated carbocycles. The summed E-state index contributed by atoms with van der Waals surface area (Å²) in [4.78, 5) is 21.8. The van der Waals surface area contributed by atoms with Gasteiger partial charge in [0, 0.05) is 55.9 Å². The maximum absolute atomic E-state index is 12.9. The third kappa shape index (κ3) is 3.87. The number of amides is 1. The number of nitrogens with two attached hydrogens (primary N) is 1. The van der Waals surface area contributed by atoms with Gasteiger partial charge < -0.3 is 20.3 Å². The summed E-state index contributed by atoms with van der Waals surface area (Å²) in [6.45, 7) is 9.58. The molecule has 30 heavy (non-hydrogen) atoms. The molecule has 3 aliphatic rings. The minimum absolute atomic E-state index is 0.116. The molecule has 160 valence electrons. The highest BCUT2D eigenvalue weighted by atomic mass is 32.1. The molecule has 0 unspecified atom stereocenters. The Balaban J connectivity index is 1.25. The van der Waals surface area contributed by atoms with Crippen LogP contribution in [0, 0.1) is 6.92 Å². The molecule has 1 aromatic heterocycles. The number of rotatable bonds is 4. The molecule has 2 N–H and O–H groups in total. The van der Waals surface area contributed by atoms with Crippen LogP contribution >= 0.6 is 11.3 Å². The second-order valence-corrected chi connectivity index (χ2v) is 9.74. The van der Waals surface area contributed by atoms with E-state index in [2.05, 4.69) is 40.1 Å². The molecule has 0 spiro atoms. The predicted molar refractivity (Wildman–Crippen MR) is 121 cm³/mol. The van der Waals surface area contributed by atoms with E-state index >= 15 is 0 Å². The molecule has 6 nitrogen and oxygen atoms in total. The number of benzene rings is 1.